The molecular formula is C28H32O4S. The molecule has 3 atom stereocenters. The van der Waals surface area contributed by atoms with Crippen LogP contribution in [0.2, 0.25) is 0 Å². The highest BCUT2D eigenvalue weighted by Gasteiger charge is 2.65. The maximum atomic E-state index is 13.6. The van der Waals surface area contributed by atoms with Gasteiger partial charge < -0.3 is 0 Å². The number of fused-ring (bicyclic) bond motifs is 5. The molecular weight excluding hydrogens is 432 g/mol. The van der Waals surface area contributed by atoms with Gasteiger partial charge >= 0.3 is 0 Å². The molecule has 0 aromatic heterocycles. The zero-order valence-corrected chi connectivity index (χ0v) is 20.3. The van der Waals surface area contributed by atoms with Crippen molar-refractivity contribution in [3.8, 4) is 0 Å². The lowest BCUT2D eigenvalue weighted by atomic mass is 9.66. The molecule has 0 N–H and O–H groups in total. The van der Waals surface area contributed by atoms with Gasteiger partial charge in [0.1, 0.15) is 5.78 Å². The van der Waals surface area contributed by atoms with E-state index < -0.39 is 21.6 Å². The fraction of sp³-hybridized carbons (Fsp3) is 0.536. The molecule has 0 unspecified atom stereocenters. The van der Waals surface area contributed by atoms with E-state index in [1.807, 2.05) is 0 Å². The van der Waals surface area contributed by atoms with Gasteiger partial charge in [0.2, 0.25) is 0 Å². The van der Waals surface area contributed by atoms with Crippen LogP contribution in [0.3, 0.4) is 0 Å². The van der Waals surface area contributed by atoms with Crippen LogP contribution in [-0.2, 0) is 43.8 Å². The Morgan fingerprint density at radius 1 is 0.939 bits per heavy atom. The molecule has 0 heterocycles. The van der Waals surface area contributed by atoms with E-state index in [-0.39, 0.29) is 28.3 Å². The van der Waals surface area contributed by atoms with Crippen LogP contribution < -0.4 is 0 Å². The zero-order chi connectivity index (χ0) is 23.1. The molecule has 1 spiro atoms. The quantitative estimate of drug-likeness (QED) is 0.611. The largest absolute Gasteiger partial charge is 0.299 e. The molecule has 33 heavy (non-hydrogen) atoms. The zero-order valence-electron chi connectivity index (χ0n) is 19.5. The van der Waals surface area contributed by atoms with E-state index >= 15 is 0 Å². The minimum Gasteiger partial charge on any atom is -0.299 e. The van der Waals surface area contributed by atoms with E-state index in [2.05, 4.69) is 62.4 Å². The summed E-state index contributed by atoms with van der Waals surface area (Å²) in [6, 6.07) is 16.9. The van der Waals surface area contributed by atoms with Gasteiger partial charge in [0, 0.05) is 11.8 Å². The summed E-state index contributed by atoms with van der Waals surface area (Å²) in [6.07, 6.45) is 4.76. The average molecular weight is 465 g/mol. The number of benzene rings is 2. The number of rotatable bonds is 4. The molecule has 4 nitrogen and oxygen atoms in total. The van der Waals surface area contributed by atoms with E-state index in [1.54, 1.807) is 0 Å². The Labute approximate surface area is 196 Å². The van der Waals surface area contributed by atoms with Gasteiger partial charge in [-0.3, -0.25) is 8.98 Å². The fourth-order valence-electron chi connectivity index (χ4n) is 7.78. The van der Waals surface area contributed by atoms with Crippen LogP contribution in [0.25, 0.3) is 0 Å². The first kappa shape index (κ1) is 21.5. The van der Waals surface area contributed by atoms with Crippen molar-refractivity contribution < 1.29 is 17.4 Å². The van der Waals surface area contributed by atoms with Crippen molar-refractivity contribution in [2.24, 2.45) is 16.7 Å². The molecule has 4 aliphatic rings. The summed E-state index contributed by atoms with van der Waals surface area (Å²) in [5.74, 6) is 0.231. The molecule has 6 rings (SSSR count). The van der Waals surface area contributed by atoms with Gasteiger partial charge in [0.25, 0.3) is 10.1 Å². The molecule has 0 radical (unpaired) electrons. The maximum absolute atomic E-state index is 13.6. The Hall–Kier alpha value is -1.98. The number of hydrogen-bond donors (Lipinski definition) is 0. The highest BCUT2D eigenvalue weighted by atomic mass is 32.2. The van der Waals surface area contributed by atoms with Crippen molar-refractivity contribution in [1.29, 1.82) is 0 Å². The number of ketones is 1. The van der Waals surface area contributed by atoms with Crippen LogP contribution in [0.4, 0.5) is 0 Å². The maximum Gasteiger partial charge on any atom is 0.268 e. The third kappa shape index (κ3) is 2.97. The number of hydrogen-bond acceptors (Lipinski definition) is 4. The summed E-state index contributed by atoms with van der Waals surface area (Å²) in [7, 11) is -3.89. The van der Waals surface area contributed by atoms with Crippen molar-refractivity contribution in [3.63, 3.8) is 0 Å². The van der Waals surface area contributed by atoms with Gasteiger partial charge in [-0.15, -0.1) is 0 Å². The molecule has 2 fully saturated rings. The summed E-state index contributed by atoms with van der Waals surface area (Å²) in [5, 5.41) is 0. The smallest absolute Gasteiger partial charge is 0.268 e. The van der Waals surface area contributed by atoms with Crippen LogP contribution in [0, 0.1) is 16.7 Å². The second kappa shape index (κ2) is 7.02. The first-order valence-electron chi connectivity index (χ1n) is 12.3. The summed E-state index contributed by atoms with van der Waals surface area (Å²) >= 11 is 0. The molecule has 5 heteroatoms. The minimum absolute atomic E-state index is 0.118. The van der Waals surface area contributed by atoms with Gasteiger partial charge in [-0.05, 0) is 72.1 Å². The Morgan fingerprint density at radius 2 is 1.58 bits per heavy atom. The number of Topliss-reactive ketones (excluding diaryl/α,β-unsaturated/α-hetero) is 1. The lowest BCUT2D eigenvalue weighted by Gasteiger charge is -2.43. The Kier molecular flexibility index (Phi) is 4.58. The average Bonchev–Trinajstić information content (AvgIpc) is 3.33. The van der Waals surface area contributed by atoms with E-state index in [0.717, 1.165) is 25.7 Å². The van der Waals surface area contributed by atoms with Crippen LogP contribution >= 0.6 is 0 Å². The van der Waals surface area contributed by atoms with Crippen LogP contribution in [-0.4, -0.2) is 26.1 Å². The second-order valence-electron chi connectivity index (χ2n) is 11.4. The lowest BCUT2D eigenvalue weighted by Crippen LogP contribution is -2.49. The first-order chi connectivity index (χ1) is 15.7. The predicted octanol–water partition coefficient (Wildman–Crippen LogP) is 4.78. The van der Waals surface area contributed by atoms with Crippen molar-refractivity contribution in [3.05, 3.63) is 70.8 Å². The van der Waals surface area contributed by atoms with Crippen LogP contribution in [0.5, 0.6) is 0 Å². The van der Waals surface area contributed by atoms with Crippen molar-refractivity contribution in [1.82, 2.24) is 0 Å². The molecule has 2 saturated carbocycles. The number of carbonyl (C=O) groups excluding carboxylic acids is 1. The molecule has 0 amide bonds. The summed E-state index contributed by atoms with van der Waals surface area (Å²) in [6.45, 7) is 4.16. The fourth-order valence-corrected chi connectivity index (χ4v) is 9.77. The SMILES string of the molecule is CC1(C)[C@@H]2CC[C@@]1(CS(=O)(=O)O[C@@H]1CCc3ccccc3C13Cc1ccccc1C3)C(=O)C2. The Morgan fingerprint density at radius 3 is 2.18 bits per heavy atom. The predicted molar refractivity (Wildman–Crippen MR) is 128 cm³/mol. The second-order valence-corrected chi connectivity index (χ2v) is 13.0. The van der Waals surface area contributed by atoms with Gasteiger partial charge in [-0.25, -0.2) is 0 Å². The van der Waals surface area contributed by atoms with Gasteiger partial charge in [0.05, 0.1) is 17.3 Å². The standard InChI is InChI=1S/C28H32O4S/c1-26(2)22-13-14-28(26,24(29)15-22)18-33(30,31)32-25-12-11-19-7-5-6-10-23(19)27(25)16-20-8-3-4-9-21(20)17-27/h3-10,22,25H,11-18H2,1-2H3/t22-,25-,28-/m1/s1. The summed E-state index contributed by atoms with van der Waals surface area (Å²) in [5.41, 5.74) is 3.62. The highest BCUT2D eigenvalue weighted by Crippen LogP contribution is 2.64. The number of aryl methyl sites for hydroxylation is 1. The van der Waals surface area contributed by atoms with Gasteiger partial charge in [-0.1, -0.05) is 62.4 Å². The van der Waals surface area contributed by atoms with E-state index in [0.29, 0.717) is 19.3 Å². The molecule has 2 aromatic rings. The van der Waals surface area contributed by atoms with Crippen LogP contribution in [0.1, 0.15) is 61.8 Å². The number of carbonyl (C=O) groups is 1. The molecule has 0 aliphatic heterocycles. The minimum atomic E-state index is -3.89. The third-order valence-electron chi connectivity index (χ3n) is 9.80. The van der Waals surface area contributed by atoms with E-state index in [4.69, 9.17) is 4.18 Å². The van der Waals surface area contributed by atoms with E-state index in [1.165, 1.54) is 22.3 Å². The van der Waals surface area contributed by atoms with Gasteiger partial charge in [-0.2, -0.15) is 8.42 Å². The molecule has 174 valence electrons. The Balaban J connectivity index is 1.36. The van der Waals surface area contributed by atoms with Crippen molar-refractivity contribution >= 4 is 15.9 Å². The first-order valence-corrected chi connectivity index (χ1v) is 13.8. The summed E-state index contributed by atoms with van der Waals surface area (Å²) < 4.78 is 33.4. The van der Waals surface area contributed by atoms with E-state index in [9.17, 15) is 13.2 Å². The van der Waals surface area contributed by atoms with Crippen molar-refractivity contribution in [2.75, 3.05) is 5.75 Å². The van der Waals surface area contributed by atoms with Crippen LogP contribution in [0.15, 0.2) is 48.5 Å². The molecule has 2 aromatic carbocycles. The summed E-state index contributed by atoms with van der Waals surface area (Å²) in [4.78, 5) is 13.0. The molecule has 4 aliphatic carbocycles. The van der Waals surface area contributed by atoms with Gasteiger partial charge in [0.15, 0.2) is 0 Å². The molecule has 2 bridgehead atoms. The Bertz CT molecular complexity index is 1220. The highest BCUT2D eigenvalue weighted by molar-refractivity contribution is 7.86. The lowest BCUT2D eigenvalue weighted by molar-refractivity contribution is -0.128. The topological polar surface area (TPSA) is 60.4 Å². The third-order valence-corrected chi connectivity index (χ3v) is 11.2. The monoisotopic (exact) mass is 464 g/mol. The molecule has 0 saturated heterocycles. The normalized spacial score (nSPS) is 31.0. The van der Waals surface area contributed by atoms with Crippen molar-refractivity contribution in [2.45, 2.75) is 70.3 Å².